The molecule has 1 heterocycles. The lowest BCUT2D eigenvalue weighted by molar-refractivity contribution is 0.0539. The van der Waals surface area contributed by atoms with Gasteiger partial charge in [-0.3, -0.25) is 0 Å². The van der Waals surface area contributed by atoms with Crippen molar-refractivity contribution in [3.8, 4) is 11.4 Å². The van der Waals surface area contributed by atoms with E-state index in [1.807, 2.05) is 20.8 Å². The third kappa shape index (κ3) is 2.90. The van der Waals surface area contributed by atoms with Crippen molar-refractivity contribution < 1.29 is 9.53 Å². The van der Waals surface area contributed by atoms with Gasteiger partial charge < -0.3 is 16.2 Å². The number of aromatic nitrogens is 2. The fourth-order valence-corrected chi connectivity index (χ4v) is 1.69. The summed E-state index contributed by atoms with van der Waals surface area (Å²) in [5.41, 5.74) is 12.5. The minimum absolute atomic E-state index is 0.446. The maximum absolute atomic E-state index is 12.1. The molecule has 6 heteroatoms. The van der Waals surface area contributed by atoms with Crippen molar-refractivity contribution >= 4 is 17.5 Å². The normalized spacial score (nSPS) is 11.3. The van der Waals surface area contributed by atoms with Crippen LogP contribution >= 0.6 is 0 Å². The highest BCUT2D eigenvalue weighted by molar-refractivity contribution is 5.79. The maximum atomic E-state index is 12.1. The number of hydrogen-bond donors (Lipinski definition) is 2. The van der Waals surface area contributed by atoms with Gasteiger partial charge in [0, 0.05) is 18.0 Å². The first-order valence-corrected chi connectivity index (χ1v) is 6.20. The summed E-state index contributed by atoms with van der Waals surface area (Å²) < 4.78 is 6.67. The molecule has 0 aliphatic heterocycles. The van der Waals surface area contributed by atoms with Crippen molar-refractivity contribution in [2.45, 2.75) is 26.4 Å². The molecule has 0 unspecified atom stereocenters. The van der Waals surface area contributed by atoms with E-state index >= 15 is 0 Å². The van der Waals surface area contributed by atoms with Crippen LogP contribution in [0.5, 0.6) is 0 Å². The number of nitrogens with two attached hydrogens (primary N) is 2. The molecule has 0 spiro atoms. The lowest BCUT2D eigenvalue weighted by atomic mass is 10.1. The molecule has 0 aliphatic rings. The molecule has 0 bridgehead atoms. The Morgan fingerprint density at radius 3 is 2.55 bits per heavy atom. The van der Waals surface area contributed by atoms with Crippen molar-refractivity contribution in [1.82, 2.24) is 9.55 Å². The Morgan fingerprint density at radius 1 is 1.25 bits per heavy atom. The molecule has 2 rings (SSSR count). The third-order valence-corrected chi connectivity index (χ3v) is 2.58. The van der Waals surface area contributed by atoms with Crippen molar-refractivity contribution in [3.63, 3.8) is 0 Å². The lowest BCUT2D eigenvalue weighted by Gasteiger charge is -2.20. The van der Waals surface area contributed by atoms with Crippen LogP contribution in [0.1, 0.15) is 20.8 Å². The van der Waals surface area contributed by atoms with E-state index in [0.29, 0.717) is 22.8 Å². The van der Waals surface area contributed by atoms with Crippen LogP contribution in [-0.4, -0.2) is 21.2 Å². The number of carbonyl (C=O) groups is 1. The predicted molar refractivity (Wildman–Crippen MR) is 78.1 cm³/mol. The predicted octanol–water partition coefficient (Wildman–Crippen LogP) is 2.50. The summed E-state index contributed by atoms with van der Waals surface area (Å²) in [6.07, 6.45) is 2.60. The summed E-state index contributed by atoms with van der Waals surface area (Å²) in [4.78, 5) is 16.3. The number of anilines is 2. The van der Waals surface area contributed by atoms with Gasteiger partial charge >= 0.3 is 6.09 Å². The fraction of sp³-hybridized carbons (Fsp3) is 0.286. The Bertz CT molecular complexity index is 641. The second kappa shape index (κ2) is 4.88. The quantitative estimate of drug-likeness (QED) is 0.779. The van der Waals surface area contributed by atoms with Gasteiger partial charge in [-0.05, 0) is 39.0 Å². The highest BCUT2D eigenvalue weighted by Crippen LogP contribution is 2.24. The van der Waals surface area contributed by atoms with E-state index in [1.165, 1.54) is 10.8 Å². The van der Waals surface area contributed by atoms with Crippen LogP contribution in [0.3, 0.4) is 0 Å². The van der Waals surface area contributed by atoms with E-state index in [2.05, 4.69) is 4.98 Å². The standard InChI is InChI=1S/C14H18N4O2/c1-14(2,3)20-13(19)18-7-6-17-12(18)9-4-5-10(15)11(16)8-9/h4-8H,15-16H2,1-3H3. The summed E-state index contributed by atoms with van der Waals surface area (Å²) >= 11 is 0. The first-order chi connectivity index (χ1) is 9.28. The van der Waals surface area contributed by atoms with Gasteiger partial charge in [0.1, 0.15) is 11.4 Å². The van der Waals surface area contributed by atoms with Crippen molar-refractivity contribution in [1.29, 1.82) is 0 Å². The summed E-state index contributed by atoms with van der Waals surface area (Å²) in [6, 6.07) is 5.12. The monoisotopic (exact) mass is 274 g/mol. The smallest absolute Gasteiger partial charge is 0.420 e. The second-order valence-corrected chi connectivity index (χ2v) is 5.44. The molecule has 6 nitrogen and oxygen atoms in total. The van der Waals surface area contributed by atoms with E-state index in [1.54, 1.807) is 24.4 Å². The Labute approximate surface area is 117 Å². The van der Waals surface area contributed by atoms with Gasteiger partial charge in [0.2, 0.25) is 0 Å². The van der Waals surface area contributed by atoms with Gasteiger partial charge in [-0.2, -0.15) is 0 Å². The van der Waals surface area contributed by atoms with Crippen molar-refractivity contribution in [2.24, 2.45) is 0 Å². The van der Waals surface area contributed by atoms with Crippen LogP contribution in [0.4, 0.5) is 16.2 Å². The number of hydrogen-bond acceptors (Lipinski definition) is 5. The van der Waals surface area contributed by atoms with E-state index < -0.39 is 11.7 Å². The number of carbonyl (C=O) groups excluding carboxylic acids is 1. The molecule has 0 amide bonds. The largest absolute Gasteiger partial charge is 0.443 e. The Morgan fingerprint density at radius 2 is 1.95 bits per heavy atom. The molecule has 0 atom stereocenters. The lowest BCUT2D eigenvalue weighted by Crippen LogP contribution is -2.27. The minimum Gasteiger partial charge on any atom is -0.443 e. The number of imidazole rings is 1. The van der Waals surface area contributed by atoms with E-state index in [0.717, 1.165) is 0 Å². The van der Waals surface area contributed by atoms with Gasteiger partial charge in [-0.1, -0.05) is 0 Å². The SMILES string of the molecule is CC(C)(C)OC(=O)n1ccnc1-c1ccc(N)c(N)c1. The Hall–Kier alpha value is -2.50. The number of nitrogen functional groups attached to an aromatic ring is 2. The number of ether oxygens (including phenoxy) is 1. The summed E-state index contributed by atoms with van der Waals surface area (Å²) in [5, 5.41) is 0. The molecule has 2 aromatic rings. The van der Waals surface area contributed by atoms with E-state index in [-0.39, 0.29) is 0 Å². The topological polar surface area (TPSA) is 96.2 Å². The highest BCUT2D eigenvalue weighted by atomic mass is 16.6. The van der Waals surface area contributed by atoms with Crippen LogP contribution in [0.2, 0.25) is 0 Å². The molecule has 1 aromatic heterocycles. The number of nitrogens with zero attached hydrogens (tertiary/aromatic N) is 2. The van der Waals surface area contributed by atoms with Gasteiger partial charge in [0.05, 0.1) is 11.4 Å². The Balaban J connectivity index is 2.37. The molecule has 106 valence electrons. The average molecular weight is 274 g/mol. The molecular weight excluding hydrogens is 256 g/mol. The molecule has 0 radical (unpaired) electrons. The summed E-state index contributed by atoms with van der Waals surface area (Å²) in [6.45, 7) is 5.42. The molecule has 4 N–H and O–H groups in total. The number of rotatable bonds is 1. The van der Waals surface area contributed by atoms with Gasteiger partial charge in [0.25, 0.3) is 0 Å². The first kappa shape index (κ1) is 13.9. The maximum Gasteiger partial charge on any atom is 0.420 e. The molecule has 20 heavy (non-hydrogen) atoms. The Kier molecular flexibility index (Phi) is 3.40. The third-order valence-electron chi connectivity index (χ3n) is 2.58. The molecule has 0 aliphatic carbocycles. The first-order valence-electron chi connectivity index (χ1n) is 6.20. The second-order valence-electron chi connectivity index (χ2n) is 5.44. The van der Waals surface area contributed by atoms with Crippen LogP contribution < -0.4 is 11.5 Å². The van der Waals surface area contributed by atoms with Crippen LogP contribution in [-0.2, 0) is 4.74 Å². The molecule has 1 aromatic carbocycles. The van der Waals surface area contributed by atoms with Gasteiger partial charge in [-0.15, -0.1) is 0 Å². The molecular formula is C14H18N4O2. The summed E-state index contributed by atoms with van der Waals surface area (Å²) in [5.74, 6) is 0.464. The van der Waals surface area contributed by atoms with Crippen LogP contribution in [0.15, 0.2) is 30.6 Å². The van der Waals surface area contributed by atoms with Crippen molar-refractivity contribution in [3.05, 3.63) is 30.6 Å². The van der Waals surface area contributed by atoms with Crippen LogP contribution in [0.25, 0.3) is 11.4 Å². The zero-order chi connectivity index (χ0) is 14.9. The van der Waals surface area contributed by atoms with E-state index in [4.69, 9.17) is 16.2 Å². The average Bonchev–Trinajstić information content (AvgIpc) is 2.79. The molecule has 0 saturated carbocycles. The molecule has 0 saturated heterocycles. The zero-order valence-corrected chi connectivity index (χ0v) is 11.8. The number of benzene rings is 1. The van der Waals surface area contributed by atoms with Gasteiger partial charge in [0.15, 0.2) is 0 Å². The molecule has 0 fully saturated rings. The minimum atomic E-state index is -0.571. The van der Waals surface area contributed by atoms with Crippen LogP contribution in [0, 0.1) is 0 Å². The fourth-order valence-electron chi connectivity index (χ4n) is 1.69. The highest BCUT2D eigenvalue weighted by Gasteiger charge is 2.20. The zero-order valence-electron chi connectivity index (χ0n) is 11.8. The van der Waals surface area contributed by atoms with Gasteiger partial charge in [-0.25, -0.2) is 14.3 Å². The van der Waals surface area contributed by atoms with E-state index in [9.17, 15) is 4.79 Å². The van der Waals surface area contributed by atoms with Crippen molar-refractivity contribution in [2.75, 3.05) is 11.5 Å². The summed E-state index contributed by atoms with van der Waals surface area (Å²) in [7, 11) is 0.